The van der Waals surface area contributed by atoms with Gasteiger partial charge in [0.05, 0.1) is 14.2 Å². The van der Waals surface area contributed by atoms with Crippen molar-refractivity contribution < 1.29 is 28.2 Å². The van der Waals surface area contributed by atoms with Gasteiger partial charge in [-0.1, -0.05) is 0 Å². The van der Waals surface area contributed by atoms with Crippen LogP contribution in [0, 0.1) is 0 Å². The number of carbonyl (C=O) groups is 1. The highest BCUT2D eigenvalue weighted by molar-refractivity contribution is 8.03. The zero-order valence-electron chi connectivity index (χ0n) is 16.2. The summed E-state index contributed by atoms with van der Waals surface area (Å²) >= 11 is 0.830. The Morgan fingerprint density at radius 3 is 2.34 bits per heavy atom. The predicted octanol–water partition coefficient (Wildman–Crippen LogP) is 3.63. The minimum absolute atomic E-state index is 0.0249. The second kappa shape index (κ2) is 8.74. The maximum absolute atomic E-state index is 11.6. The minimum atomic E-state index is -1.14. The Kier molecular flexibility index (Phi) is 6.13. The molecule has 0 amide bonds. The highest BCUT2D eigenvalue weighted by atomic mass is 32.2. The second-order valence-corrected chi connectivity index (χ2v) is 6.95. The van der Waals surface area contributed by atoms with Gasteiger partial charge >= 0.3 is 5.97 Å². The molecular formula is C19H19N3O6S. The molecule has 0 aliphatic rings. The molecule has 10 heteroatoms. The number of benzene rings is 1. The lowest BCUT2D eigenvalue weighted by atomic mass is 10.2. The summed E-state index contributed by atoms with van der Waals surface area (Å²) in [6.45, 7) is 0. The van der Waals surface area contributed by atoms with Crippen molar-refractivity contribution in [1.82, 2.24) is 10.2 Å². The SMILES string of the molecule is COc1cc(OC)cc(-c2nnc(S/C(=C\c3ccc(N(C)C)o3)C(=O)O)o2)c1. The fourth-order valence-electron chi connectivity index (χ4n) is 2.32. The molecule has 1 N–H and O–H groups in total. The average molecular weight is 417 g/mol. The molecule has 0 saturated heterocycles. The van der Waals surface area contributed by atoms with Gasteiger partial charge < -0.3 is 28.3 Å². The fraction of sp³-hybridized carbons (Fsp3) is 0.211. The number of aliphatic carboxylic acids is 1. The molecule has 0 aliphatic heterocycles. The smallest absolute Gasteiger partial charge is 0.342 e. The van der Waals surface area contributed by atoms with Crippen LogP contribution in [0.1, 0.15) is 5.76 Å². The molecule has 2 aromatic heterocycles. The maximum atomic E-state index is 11.6. The molecule has 0 saturated carbocycles. The molecule has 2 heterocycles. The molecule has 9 nitrogen and oxygen atoms in total. The van der Waals surface area contributed by atoms with E-state index in [1.807, 2.05) is 14.1 Å². The van der Waals surface area contributed by atoms with Crippen LogP contribution in [0.25, 0.3) is 17.5 Å². The number of carboxylic acid groups (broad SMARTS) is 1. The average Bonchev–Trinajstić information content (AvgIpc) is 3.36. The number of hydrogen-bond acceptors (Lipinski definition) is 9. The monoisotopic (exact) mass is 417 g/mol. The van der Waals surface area contributed by atoms with E-state index in [1.165, 1.54) is 20.3 Å². The van der Waals surface area contributed by atoms with E-state index in [0.29, 0.717) is 28.7 Å². The van der Waals surface area contributed by atoms with Crippen molar-refractivity contribution in [3.8, 4) is 23.0 Å². The molecule has 0 atom stereocenters. The van der Waals surface area contributed by atoms with E-state index in [4.69, 9.17) is 18.3 Å². The number of carboxylic acids is 1. The van der Waals surface area contributed by atoms with Crippen LogP contribution >= 0.6 is 11.8 Å². The normalized spacial score (nSPS) is 11.4. The van der Waals surface area contributed by atoms with Crippen LogP contribution in [-0.2, 0) is 4.79 Å². The molecule has 0 bridgehead atoms. The molecule has 3 aromatic rings. The first-order valence-electron chi connectivity index (χ1n) is 8.36. The quantitative estimate of drug-likeness (QED) is 0.431. The van der Waals surface area contributed by atoms with Gasteiger partial charge in [0.25, 0.3) is 5.22 Å². The first-order valence-corrected chi connectivity index (χ1v) is 9.18. The van der Waals surface area contributed by atoms with E-state index >= 15 is 0 Å². The standard InChI is InChI=1S/C19H19N3O6S/c1-22(2)16-6-5-12(27-16)10-15(18(23)24)29-19-21-20-17(28-19)11-7-13(25-3)9-14(8-11)26-4/h5-10H,1-4H3,(H,23,24)/b15-10-. The van der Waals surface area contributed by atoms with Gasteiger partial charge in [-0.15, -0.1) is 10.2 Å². The number of nitrogens with zero attached hydrogens (tertiary/aromatic N) is 3. The van der Waals surface area contributed by atoms with Gasteiger partial charge in [0.1, 0.15) is 22.2 Å². The van der Waals surface area contributed by atoms with Gasteiger partial charge in [-0.25, -0.2) is 4.79 Å². The number of methoxy groups -OCH3 is 2. The molecule has 0 radical (unpaired) electrons. The molecule has 29 heavy (non-hydrogen) atoms. The summed E-state index contributed by atoms with van der Waals surface area (Å²) in [5, 5.41) is 17.5. The first kappa shape index (κ1) is 20.3. The highest BCUT2D eigenvalue weighted by Crippen LogP contribution is 2.33. The number of aromatic nitrogens is 2. The van der Waals surface area contributed by atoms with Gasteiger partial charge in [0.2, 0.25) is 5.89 Å². The molecule has 0 spiro atoms. The van der Waals surface area contributed by atoms with E-state index in [9.17, 15) is 9.90 Å². The number of hydrogen-bond donors (Lipinski definition) is 1. The molecule has 0 aliphatic carbocycles. The van der Waals surface area contributed by atoms with E-state index in [2.05, 4.69) is 10.2 Å². The molecule has 0 unspecified atom stereocenters. The van der Waals surface area contributed by atoms with Crippen molar-refractivity contribution in [2.75, 3.05) is 33.2 Å². The number of thioether (sulfide) groups is 1. The topological polar surface area (TPSA) is 111 Å². The lowest BCUT2D eigenvalue weighted by Crippen LogP contribution is -2.06. The van der Waals surface area contributed by atoms with E-state index in [1.54, 1.807) is 35.2 Å². The van der Waals surface area contributed by atoms with Gasteiger partial charge in [-0.05, 0) is 30.0 Å². The summed E-state index contributed by atoms with van der Waals surface area (Å²) in [6.07, 6.45) is 1.40. The molecule has 152 valence electrons. The van der Waals surface area contributed by atoms with Crippen molar-refractivity contribution in [3.05, 3.63) is 41.0 Å². The van der Waals surface area contributed by atoms with Crippen LogP contribution in [0.2, 0.25) is 0 Å². The Hall–Kier alpha value is -3.40. The molecular weight excluding hydrogens is 398 g/mol. The lowest BCUT2D eigenvalue weighted by Gasteiger charge is -2.06. The van der Waals surface area contributed by atoms with Gasteiger partial charge in [0, 0.05) is 37.9 Å². The maximum Gasteiger partial charge on any atom is 0.342 e. The third kappa shape index (κ3) is 4.91. The number of anilines is 1. The van der Waals surface area contributed by atoms with Gasteiger partial charge in [-0.2, -0.15) is 0 Å². The van der Waals surface area contributed by atoms with Crippen molar-refractivity contribution in [1.29, 1.82) is 0 Å². The van der Waals surface area contributed by atoms with Gasteiger partial charge in [-0.3, -0.25) is 0 Å². The summed E-state index contributed by atoms with van der Waals surface area (Å²) < 4.78 is 21.6. The summed E-state index contributed by atoms with van der Waals surface area (Å²) in [6, 6.07) is 8.57. The summed E-state index contributed by atoms with van der Waals surface area (Å²) in [7, 11) is 6.72. The van der Waals surface area contributed by atoms with Crippen LogP contribution in [0.3, 0.4) is 0 Å². The Morgan fingerprint density at radius 2 is 1.79 bits per heavy atom. The third-order valence-electron chi connectivity index (χ3n) is 3.74. The largest absolute Gasteiger partial charge is 0.497 e. The van der Waals surface area contributed by atoms with E-state index in [-0.39, 0.29) is 16.0 Å². The number of rotatable bonds is 8. The summed E-state index contributed by atoms with van der Waals surface area (Å²) in [5.74, 6) is 1.21. The zero-order valence-corrected chi connectivity index (χ0v) is 17.0. The predicted molar refractivity (Wildman–Crippen MR) is 107 cm³/mol. The van der Waals surface area contributed by atoms with Crippen LogP contribution in [0.5, 0.6) is 11.5 Å². The van der Waals surface area contributed by atoms with Crippen molar-refractivity contribution in [2.45, 2.75) is 5.22 Å². The highest BCUT2D eigenvalue weighted by Gasteiger charge is 2.18. The summed E-state index contributed by atoms with van der Waals surface area (Å²) in [5.41, 5.74) is 0.586. The zero-order chi connectivity index (χ0) is 21.0. The van der Waals surface area contributed by atoms with E-state index < -0.39 is 5.97 Å². The fourth-order valence-corrected chi connectivity index (χ4v) is 2.97. The van der Waals surface area contributed by atoms with Crippen LogP contribution < -0.4 is 14.4 Å². The first-order chi connectivity index (χ1) is 13.9. The minimum Gasteiger partial charge on any atom is -0.497 e. The Morgan fingerprint density at radius 1 is 1.10 bits per heavy atom. The van der Waals surface area contributed by atoms with Crippen molar-refractivity contribution in [2.24, 2.45) is 0 Å². The van der Waals surface area contributed by atoms with Gasteiger partial charge in [0.15, 0.2) is 5.88 Å². The van der Waals surface area contributed by atoms with Crippen LogP contribution in [0.15, 0.2) is 49.3 Å². The molecule has 0 fully saturated rings. The van der Waals surface area contributed by atoms with Crippen LogP contribution in [-0.4, -0.2) is 49.6 Å². The second-order valence-electron chi connectivity index (χ2n) is 5.96. The van der Waals surface area contributed by atoms with E-state index in [0.717, 1.165) is 11.8 Å². The number of ether oxygens (including phenoxy) is 2. The summed E-state index contributed by atoms with van der Waals surface area (Å²) in [4.78, 5) is 13.4. The Balaban J connectivity index is 1.85. The third-order valence-corrected chi connectivity index (χ3v) is 4.59. The van der Waals surface area contributed by atoms with Crippen LogP contribution in [0.4, 0.5) is 5.88 Å². The lowest BCUT2D eigenvalue weighted by molar-refractivity contribution is -0.131. The number of furan rings is 1. The Bertz CT molecular complexity index is 1020. The Labute approximate surface area is 170 Å². The van der Waals surface area contributed by atoms with Crippen molar-refractivity contribution in [3.63, 3.8) is 0 Å². The van der Waals surface area contributed by atoms with Crippen molar-refractivity contribution >= 4 is 29.7 Å². The molecule has 1 aromatic carbocycles. The molecule has 3 rings (SSSR count).